The highest BCUT2D eigenvalue weighted by Crippen LogP contribution is 2.48. The number of carboxylic acids is 1. The molecule has 0 aromatic heterocycles. The molecule has 1 amide bonds. The van der Waals surface area contributed by atoms with Crippen LogP contribution in [0, 0.1) is 23.7 Å². The standard InChI is InChI=1S/C16H15F2NO4/c17-16(18)23-11-4-2-1-3-10(11)19-14(20)12-8-5-6-9(7-8)13(12)15(21)22/h1-6,8-9,12-13,16H,7H2,(H,19,20)(H,21,22)/p-1/t8-,9-,12-,13-/m0/s1. The number of fused-ring (bicyclic) bond motifs is 2. The van der Waals surface area contributed by atoms with E-state index in [1.807, 2.05) is 6.08 Å². The van der Waals surface area contributed by atoms with Crippen LogP contribution in [0.2, 0.25) is 0 Å². The average Bonchev–Trinajstić information content (AvgIpc) is 3.09. The molecule has 1 aromatic rings. The lowest BCUT2D eigenvalue weighted by molar-refractivity contribution is -0.313. The molecule has 7 heteroatoms. The molecule has 0 aliphatic heterocycles. The molecular formula is C16H14F2NO4-. The first kappa shape index (κ1) is 15.5. The number of aliphatic carboxylic acids is 1. The first-order chi connectivity index (χ1) is 11.0. The van der Waals surface area contributed by atoms with Crippen LogP contribution in [0.15, 0.2) is 36.4 Å². The molecule has 1 saturated carbocycles. The summed E-state index contributed by atoms with van der Waals surface area (Å²) >= 11 is 0. The van der Waals surface area contributed by atoms with E-state index < -0.39 is 30.3 Å². The predicted octanol–water partition coefficient (Wildman–Crippen LogP) is 1.41. The fourth-order valence-electron chi connectivity index (χ4n) is 3.49. The maximum absolute atomic E-state index is 12.5. The van der Waals surface area contributed by atoms with Gasteiger partial charge in [0, 0.05) is 11.9 Å². The van der Waals surface area contributed by atoms with Gasteiger partial charge < -0.3 is 20.0 Å². The molecule has 23 heavy (non-hydrogen) atoms. The summed E-state index contributed by atoms with van der Waals surface area (Å²) in [6, 6.07) is 5.79. The van der Waals surface area contributed by atoms with Gasteiger partial charge in [0.25, 0.3) is 0 Å². The molecule has 3 rings (SSSR count). The van der Waals surface area contributed by atoms with Gasteiger partial charge in [-0.15, -0.1) is 0 Å². The molecular weight excluding hydrogens is 308 g/mol. The van der Waals surface area contributed by atoms with Crippen molar-refractivity contribution in [2.24, 2.45) is 23.7 Å². The number of alkyl halides is 2. The van der Waals surface area contributed by atoms with E-state index >= 15 is 0 Å². The van der Waals surface area contributed by atoms with Crippen LogP contribution in [0.1, 0.15) is 6.42 Å². The van der Waals surface area contributed by atoms with E-state index in [0.717, 1.165) is 0 Å². The fraction of sp³-hybridized carbons (Fsp3) is 0.375. The number of carbonyl (C=O) groups is 2. The zero-order chi connectivity index (χ0) is 16.6. The summed E-state index contributed by atoms with van der Waals surface area (Å²) < 4.78 is 29.2. The Balaban J connectivity index is 1.80. The highest BCUT2D eigenvalue weighted by molar-refractivity contribution is 5.97. The van der Waals surface area contributed by atoms with Gasteiger partial charge in [0.15, 0.2) is 0 Å². The molecule has 5 nitrogen and oxygen atoms in total. The summed E-state index contributed by atoms with van der Waals surface area (Å²) in [5, 5.41) is 13.8. The van der Waals surface area contributed by atoms with E-state index in [1.165, 1.54) is 18.2 Å². The maximum Gasteiger partial charge on any atom is 0.387 e. The molecule has 1 N–H and O–H groups in total. The predicted molar refractivity (Wildman–Crippen MR) is 74.4 cm³/mol. The van der Waals surface area contributed by atoms with Crippen LogP contribution in [0.3, 0.4) is 0 Å². The number of carboxylic acid groups (broad SMARTS) is 1. The Labute approximate surface area is 130 Å². The third-order valence-corrected chi connectivity index (χ3v) is 4.40. The summed E-state index contributed by atoms with van der Waals surface area (Å²) in [5.41, 5.74) is 0.0849. The topological polar surface area (TPSA) is 78.5 Å². The normalized spacial score (nSPS) is 28.1. The summed E-state index contributed by atoms with van der Waals surface area (Å²) in [4.78, 5) is 23.8. The van der Waals surface area contributed by atoms with Crippen molar-refractivity contribution < 1.29 is 28.2 Å². The lowest BCUT2D eigenvalue weighted by atomic mass is 9.82. The smallest absolute Gasteiger partial charge is 0.387 e. The second-order valence-corrected chi connectivity index (χ2v) is 5.68. The summed E-state index contributed by atoms with van der Waals surface area (Å²) in [6.07, 6.45) is 4.21. The van der Waals surface area contributed by atoms with Crippen LogP contribution < -0.4 is 15.2 Å². The first-order valence-corrected chi connectivity index (χ1v) is 7.21. The third-order valence-electron chi connectivity index (χ3n) is 4.40. The number of halogens is 2. The molecule has 0 saturated heterocycles. The minimum absolute atomic E-state index is 0.0849. The second-order valence-electron chi connectivity index (χ2n) is 5.68. The van der Waals surface area contributed by atoms with Gasteiger partial charge in [-0.2, -0.15) is 8.78 Å². The molecule has 1 fully saturated rings. The van der Waals surface area contributed by atoms with Crippen molar-refractivity contribution in [3.8, 4) is 5.75 Å². The molecule has 0 heterocycles. The van der Waals surface area contributed by atoms with Crippen LogP contribution in [-0.2, 0) is 9.59 Å². The number of hydrogen-bond acceptors (Lipinski definition) is 4. The van der Waals surface area contributed by atoms with E-state index in [1.54, 1.807) is 12.1 Å². The highest BCUT2D eigenvalue weighted by atomic mass is 19.3. The summed E-state index contributed by atoms with van der Waals surface area (Å²) in [7, 11) is 0. The van der Waals surface area contributed by atoms with Crippen LogP contribution in [0.4, 0.5) is 14.5 Å². The minimum Gasteiger partial charge on any atom is -0.550 e. The van der Waals surface area contributed by atoms with Gasteiger partial charge in [-0.3, -0.25) is 4.79 Å². The van der Waals surface area contributed by atoms with Crippen molar-refractivity contribution in [3.63, 3.8) is 0 Å². The maximum atomic E-state index is 12.5. The summed E-state index contributed by atoms with van der Waals surface area (Å²) in [6.45, 7) is -3.02. The Hall–Kier alpha value is -2.44. The van der Waals surface area contributed by atoms with Gasteiger partial charge in [-0.1, -0.05) is 24.3 Å². The number of hydrogen-bond donors (Lipinski definition) is 1. The highest BCUT2D eigenvalue weighted by Gasteiger charge is 2.48. The number of rotatable bonds is 5. The van der Waals surface area contributed by atoms with Crippen LogP contribution in [-0.4, -0.2) is 18.5 Å². The number of nitrogens with one attached hydrogen (secondary N) is 1. The van der Waals surface area contributed by atoms with Crippen molar-refractivity contribution in [1.82, 2.24) is 0 Å². The van der Waals surface area contributed by atoms with Gasteiger partial charge in [-0.25, -0.2) is 0 Å². The van der Waals surface area contributed by atoms with Gasteiger partial charge >= 0.3 is 6.61 Å². The van der Waals surface area contributed by atoms with Crippen molar-refractivity contribution in [2.45, 2.75) is 13.0 Å². The Morgan fingerprint density at radius 2 is 1.83 bits per heavy atom. The Bertz CT molecular complexity index is 661. The molecule has 122 valence electrons. The van der Waals surface area contributed by atoms with Crippen LogP contribution in [0.5, 0.6) is 5.75 Å². The number of benzene rings is 1. The quantitative estimate of drug-likeness (QED) is 0.832. The number of para-hydroxylation sites is 2. The zero-order valence-electron chi connectivity index (χ0n) is 11.9. The molecule has 0 spiro atoms. The van der Waals surface area contributed by atoms with E-state index in [9.17, 15) is 23.5 Å². The fourth-order valence-corrected chi connectivity index (χ4v) is 3.49. The van der Waals surface area contributed by atoms with Crippen molar-refractivity contribution >= 4 is 17.6 Å². The largest absolute Gasteiger partial charge is 0.550 e. The molecule has 0 radical (unpaired) electrons. The number of carbonyl (C=O) groups excluding carboxylic acids is 2. The number of allylic oxidation sites excluding steroid dienone is 2. The number of ether oxygens (including phenoxy) is 1. The van der Waals surface area contributed by atoms with Crippen LogP contribution >= 0.6 is 0 Å². The molecule has 0 unspecified atom stereocenters. The molecule has 2 aliphatic carbocycles. The van der Waals surface area contributed by atoms with Gasteiger partial charge in [-0.05, 0) is 30.4 Å². The minimum atomic E-state index is -3.02. The van der Waals surface area contributed by atoms with E-state index in [0.29, 0.717) is 6.42 Å². The van der Waals surface area contributed by atoms with Gasteiger partial charge in [0.1, 0.15) is 5.75 Å². The summed E-state index contributed by atoms with van der Waals surface area (Å²) in [5.74, 6) is -4.01. The Morgan fingerprint density at radius 1 is 1.17 bits per heavy atom. The lowest BCUT2D eigenvalue weighted by Crippen LogP contribution is -2.42. The van der Waals surface area contributed by atoms with E-state index in [-0.39, 0.29) is 23.3 Å². The van der Waals surface area contributed by atoms with Gasteiger partial charge in [0.05, 0.1) is 11.6 Å². The van der Waals surface area contributed by atoms with Crippen molar-refractivity contribution in [2.75, 3.05) is 5.32 Å². The molecule has 1 aromatic carbocycles. The molecule has 4 atom stereocenters. The lowest BCUT2D eigenvalue weighted by Gasteiger charge is -2.28. The monoisotopic (exact) mass is 322 g/mol. The second kappa shape index (κ2) is 5.98. The average molecular weight is 322 g/mol. The number of amides is 1. The van der Waals surface area contributed by atoms with Crippen molar-refractivity contribution in [1.29, 1.82) is 0 Å². The van der Waals surface area contributed by atoms with E-state index in [2.05, 4.69) is 10.1 Å². The van der Waals surface area contributed by atoms with Crippen molar-refractivity contribution in [3.05, 3.63) is 36.4 Å². The molecule has 2 bridgehead atoms. The zero-order valence-corrected chi connectivity index (χ0v) is 11.9. The SMILES string of the molecule is O=C([O-])[C@@H]1[C@@H](C(=O)Nc2ccccc2OC(F)F)[C@H]2C=C[C@H]1C2. The number of anilines is 1. The first-order valence-electron chi connectivity index (χ1n) is 7.21. The Kier molecular flexibility index (Phi) is 4.02. The van der Waals surface area contributed by atoms with Gasteiger partial charge in [0.2, 0.25) is 5.91 Å². The van der Waals surface area contributed by atoms with Crippen LogP contribution in [0.25, 0.3) is 0 Å². The van der Waals surface area contributed by atoms with E-state index in [4.69, 9.17) is 0 Å². The third kappa shape index (κ3) is 2.91. The Morgan fingerprint density at radius 3 is 2.48 bits per heavy atom. The molecule has 2 aliphatic rings.